The second kappa shape index (κ2) is 11.5. The predicted molar refractivity (Wildman–Crippen MR) is 138 cm³/mol. The van der Waals surface area contributed by atoms with Crippen molar-refractivity contribution in [2.45, 2.75) is 27.0 Å². The Kier molecular flexibility index (Phi) is 7.95. The molecule has 4 nitrogen and oxygen atoms in total. The first kappa shape index (κ1) is 23.5. The normalized spacial score (nSPS) is 10.6. The van der Waals surface area contributed by atoms with Crippen LogP contribution in [-0.4, -0.2) is 6.61 Å². The Hall–Kier alpha value is -3.63. The fourth-order valence-electron chi connectivity index (χ4n) is 3.44. The van der Waals surface area contributed by atoms with Crippen molar-refractivity contribution in [1.82, 2.24) is 0 Å². The standard InChI is InChI=1S/C29H28ClNO3/c1-3-32-28-18-23(17-27(30)29(28)33-20-22-11-9-21(2)10-12-22)19-31-24-13-15-26(16-14-24)34-25-7-5-4-6-8-25/h4-18,31H,3,19-20H2,1-2H3. The van der Waals surface area contributed by atoms with Crippen LogP contribution in [0, 0.1) is 6.92 Å². The minimum atomic E-state index is 0.426. The first-order valence-corrected chi connectivity index (χ1v) is 11.7. The first-order valence-electron chi connectivity index (χ1n) is 11.3. The average Bonchev–Trinajstić information content (AvgIpc) is 2.85. The summed E-state index contributed by atoms with van der Waals surface area (Å²) in [5, 5.41) is 3.95. The number of benzene rings is 4. The quantitative estimate of drug-likeness (QED) is 0.253. The van der Waals surface area contributed by atoms with E-state index in [1.807, 2.05) is 73.7 Å². The molecule has 174 valence electrons. The summed E-state index contributed by atoms with van der Waals surface area (Å²) in [5.41, 5.74) is 4.27. The summed E-state index contributed by atoms with van der Waals surface area (Å²) >= 11 is 6.59. The molecule has 0 atom stereocenters. The second-order valence-electron chi connectivity index (χ2n) is 7.91. The van der Waals surface area contributed by atoms with Gasteiger partial charge in [0.05, 0.1) is 11.6 Å². The molecule has 0 spiro atoms. The number of anilines is 1. The van der Waals surface area contributed by atoms with Crippen molar-refractivity contribution in [2.75, 3.05) is 11.9 Å². The summed E-state index contributed by atoms with van der Waals surface area (Å²) in [6.45, 7) is 5.55. The SMILES string of the molecule is CCOc1cc(CNc2ccc(Oc3ccccc3)cc2)cc(Cl)c1OCc1ccc(C)cc1. The van der Waals surface area contributed by atoms with Gasteiger partial charge in [-0.1, -0.05) is 59.6 Å². The zero-order valence-corrected chi connectivity index (χ0v) is 20.1. The van der Waals surface area contributed by atoms with Gasteiger partial charge in [-0.25, -0.2) is 0 Å². The summed E-state index contributed by atoms with van der Waals surface area (Å²) < 4.78 is 17.7. The van der Waals surface area contributed by atoms with Gasteiger partial charge in [0, 0.05) is 12.2 Å². The summed E-state index contributed by atoms with van der Waals surface area (Å²) in [7, 11) is 0. The largest absolute Gasteiger partial charge is 0.490 e. The van der Waals surface area contributed by atoms with E-state index in [9.17, 15) is 0 Å². The van der Waals surface area contributed by atoms with Crippen LogP contribution >= 0.6 is 11.6 Å². The summed E-state index contributed by atoms with van der Waals surface area (Å²) in [6, 6.07) is 29.7. The molecule has 0 saturated carbocycles. The Balaban J connectivity index is 1.40. The zero-order valence-electron chi connectivity index (χ0n) is 19.4. The lowest BCUT2D eigenvalue weighted by molar-refractivity contribution is 0.269. The van der Waals surface area contributed by atoms with Crippen LogP contribution in [0.2, 0.25) is 5.02 Å². The van der Waals surface area contributed by atoms with Crippen LogP contribution < -0.4 is 19.5 Å². The molecule has 1 N–H and O–H groups in total. The molecule has 4 aromatic rings. The molecule has 0 aliphatic rings. The van der Waals surface area contributed by atoms with E-state index >= 15 is 0 Å². The highest BCUT2D eigenvalue weighted by atomic mass is 35.5. The van der Waals surface area contributed by atoms with Crippen LogP contribution in [0.25, 0.3) is 0 Å². The Bertz CT molecular complexity index is 1190. The first-order chi connectivity index (χ1) is 16.6. The van der Waals surface area contributed by atoms with Crippen molar-refractivity contribution in [3.63, 3.8) is 0 Å². The van der Waals surface area contributed by atoms with E-state index in [4.69, 9.17) is 25.8 Å². The van der Waals surface area contributed by atoms with Gasteiger partial charge in [-0.3, -0.25) is 0 Å². The van der Waals surface area contributed by atoms with Gasteiger partial charge in [-0.15, -0.1) is 0 Å². The number of ether oxygens (including phenoxy) is 3. The third-order valence-corrected chi connectivity index (χ3v) is 5.48. The van der Waals surface area contributed by atoms with E-state index in [1.165, 1.54) is 5.56 Å². The number of rotatable bonds is 10. The zero-order chi connectivity index (χ0) is 23.8. The lowest BCUT2D eigenvalue weighted by atomic mass is 10.1. The molecule has 5 heteroatoms. The molecular weight excluding hydrogens is 446 g/mol. The van der Waals surface area contributed by atoms with Gasteiger partial charge in [-0.2, -0.15) is 0 Å². The number of hydrogen-bond acceptors (Lipinski definition) is 4. The maximum Gasteiger partial charge on any atom is 0.180 e. The van der Waals surface area contributed by atoms with E-state index < -0.39 is 0 Å². The highest BCUT2D eigenvalue weighted by Crippen LogP contribution is 2.37. The van der Waals surface area contributed by atoms with Gasteiger partial charge < -0.3 is 19.5 Å². The Morgan fingerprint density at radius 1 is 0.765 bits per heavy atom. The maximum absolute atomic E-state index is 6.59. The minimum Gasteiger partial charge on any atom is -0.490 e. The third-order valence-electron chi connectivity index (χ3n) is 5.20. The molecule has 0 unspecified atom stereocenters. The molecular formula is C29H28ClNO3. The van der Waals surface area contributed by atoms with Crippen molar-refractivity contribution in [3.8, 4) is 23.0 Å². The van der Waals surface area contributed by atoms with Crippen LogP contribution in [-0.2, 0) is 13.2 Å². The Labute approximate surface area is 206 Å². The topological polar surface area (TPSA) is 39.7 Å². The van der Waals surface area contributed by atoms with Crippen LogP contribution in [0.4, 0.5) is 5.69 Å². The van der Waals surface area contributed by atoms with E-state index in [0.29, 0.717) is 36.3 Å². The van der Waals surface area contributed by atoms with E-state index in [0.717, 1.165) is 28.3 Å². The molecule has 0 fully saturated rings. The fraction of sp³-hybridized carbons (Fsp3) is 0.172. The monoisotopic (exact) mass is 473 g/mol. The molecule has 4 rings (SSSR count). The molecule has 4 aromatic carbocycles. The fourth-order valence-corrected chi connectivity index (χ4v) is 3.72. The van der Waals surface area contributed by atoms with Crippen molar-refractivity contribution < 1.29 is 14.2 Å². The summed E-state index contributed by atoms with van der Waals surface area (Å²) in [4.78, 5) is 0. The van der Waals surface area contributed by atoms with Gasteiger partial charge in [-0.05, 0) is 73.5 Å². The molecule has 34 heavy (non-hydrogen) atoms. The van der Waals surface area contributed by atoms with Crippen molar-refractivity contribution in [1.29, 1.82) is 0 Å². The van der Waals surface area contributed by atoms with Gasteiger partial charge >= 0.3 is 0 Å². The molecule has 0 heterocycles. The number of halogens is 1. The third kappa shape index (κ3) is 6.46. The number of nitrogens with one attached hydrogen (secondary N) is 1. The predicted octanol–water partition coefficient (Wildman–Crippen LogP) is 8.03. The van der Waals surface area contributed by atoms with Crippen molar-refractivity contribution in [3.05, 3.63) is 113 Å². The number of aryl methyl sites for hydroxylation is 1. The molecule has 0 aliphatic heterocycles. The minimum absolute atomic E-state index is 0.426. The number of hydrogen-bond donors (Lipinski definition) is 1. The molecule has 0 saturated heterocycles. The Morgan fingerprint density at radius 3 is 2.18 bits per heavy atom. The second-order valence-corrected chi connectivity index (χ2v) is 8.31. The molecule has 0 aromatic heterocycles. The molecule has 0 aliphatic carbocycles. The number of para-hydroxylation sites is 1. The molecule has 0 amide bonds. The molecule has 0 bridgehead atoms. The highest BCUT2D eigenvalue weighted by Gasteiger charge is 2.13. The van der Waals surface area contributed by atoms with E-state index in [1.54, 1.807) is 0 Å². The summed E-state index contributed by atoms with van der Waals surface area (Å²) in [5.74, 6) is 2.81. The lowest BCUT2D eigenvalue weighted by Gasteiger charge is -2.16. The van der Waals surface area contributed by atoms with Gasteiger partial charge in [0.2, 0.25) is 0 Å². The van der Waals surface area contributed by atoms with Crippen LogP contribution in [0.5, 0.6) is 23.0 Å². The van der Waals surface area contributed by atoms with E-state index in [2.05, 4.69) is 36.5 Å². The van der Waals surface area contributed by atoms with Gasteiger partial charge in [0.15, 0.2) is 11.5 Å². The smallest absolute Gasteiger partial charge is 0.180 e. The van der Waals surface area contributed by atoms with Crippen molar-refractivity contribution in [2.24, 2.45) is 0 Å². The van der Waals surface area contributed by atoms with Gasteiger partial charge in [0.1, 0.15) is 18.1 Å². The van der Waals surface area contributed by atoms with Crippen LogP contribution in [0.15, 0.2) is 91.0 Å². The molecule has 0 radical (unpaired) electrons. The highest BCUT2D eigenvalue weighted by molar-refractivity contribution is 6.32. The van der Waals surface area contributed by atoms with Crippen LogP contribution in [0.3, 0.4) is 0 Å². The lowest BCUT2D eigenvalue weighted by Crippen LogP contribution is -2.04. The van der Waals surface area contributed by atoms with Crippen molar-refractivity contribution >= 4 is 17.3 Å². The Morgan fingerprint density at radius 2 is 1.47 bits per heavy atom. The average molecular weight is 474 g/mol. The van der Waals surface area contributed by atoms with Crippen LogP contribution in [0.1, 0.15) is 23.6 Å². The van der Waals surface area contributed by atoms with E-state index in [-0.39, 0.29) is 0 Å². The van der Waals surface area contributed by atoms with Gasteiger partial charge in [0.25, 0.3) is 0 Å². The maximum atomic E-state index is 6.59. The summed E-state index contributed by atoms with van der Waals surface area (Å²) in [6.07, 6.45) is 0.